The molecule has 1 N–H and O–H groups in total. The molecule has 0 saturated carbocycles. The van der Waals surface area contributed by atoms with E-state index in [4.69, 9.17) is 0 Å². The van der Waals surface area contributed by atoms with Crippen LogP contribution in [0.15, 0.2) is 6.33 Å². The second kappa shape index (κ2) is 4.83. The van der Waals surface area contributed by atoms with Crippen molar-refractivity contribution < 1.29 is 22.7 Å². The highest BCUT2D eigenvalue weighted by Crippen LogP contribution is 2.30. The number of H-pyrrole nitrogens is 1. The van der Waals surface area contributed by atoms with E-state index in [-0.39, 0.29) is 0 Å². The van der Waals surface area contributed by atoms with Crippen LogP contribution < -0.4 is 0 Å². The van der Waals surface area contributed by atoms with Crippen LogP contribution in [0.5, 0.6) is 0 Å². The zero-order valence-corrected chi connectivity index (χ0v) is 9.28. The molecule has 0 radical (unpaired) electrons. The van der Waals surface area contributed by atoms with Gasteiger partial charge in [0, 0.05) is 6.54 Å². The molecule has 1 atom stereocenters. The highest BCUT2D eigenvalue weighted by atomic mass is 19.4. The predicted octanol–water partition coefficient (Wildman–Crippen LogP) is 1.64. The topological polar surface area (TPSA) is 71.1 Å². The Labute approximate surface area is 100 Å². The summed E-state index contributed by atoms with van der Waals surface area (Å²) in [6.45, 7) is -1.23. The molecule has 1 fully saturated rings. The van der Waals surface area contributed by atoms with E-state index in [0.717, 1.165) is 0 Å². The molecule has 0 spiro atoms. The summed E-state index contributed by atoms with van der Waals surface area (Å²) in [5.41, 5.74) is 0. The smallest absolute Gasteiger partial charge is 0.422 e. The lowest BCUT2D eigenvalue weighted by Crippen LogP contribution is -2.34. The third-order valence-electron chi connectivity index (χ3n) is 2.60. The lowest BCUT2D eigenvalue weighted by Gasteiger charge is -2.22. The minimum atomic E-state index is -4.52. The van der Waals surface area contributed by atoms with Crippen molar-refractivity contribution in [1.82, 2.24) is 20.1 Å². The number of rotatable bonds is 2. The largest absolute Gasteiger partial charge is 0.440 e. The molecule has 18 heavy (non-hydrogen) atoms. The lowest BCUT2D eigenvalue weighted by molar-refractivity contribution is -0.162. The van der Waals surface area contributed by atoms with Gasteiger partial charge in [0.25, 0.3) is 0 Å². The van der Waals surface area contributed by atoms with E-state index < -0.39 is 24.9 Å². The van der Waals surface area contributed by atoms with E-state index in [0.29, 0.717) is 25.2 Å². The summed E-state index contributed by atoms with van der Waals surface area (Å²) in [6.07, 6.45) is -2.90. The minimum absolute atomic E-state index is 0.349. The number of amides is 1. The van der Waals surface area contributed by atoms with Crippen LogP contribution >= 0.6 is 0 Å². The van der Waals surface area contributed by atoms with Crippen molar-refractivity contribution in [2.45, 2.75) is 25.1 Å². The normalized spacial score (nSPS) is 20.2. The molecule has 1 amide bonds. The van der Waals surface area contributed by atoms with Crippen LogP contribution in [0, 0.1) is 0 Å². The maximum Gasteiger partial charge on any atom is 0.422 e. The predicted molar refractivity (Wildman–Crippen MR) is 52.5 cm³/mol. The average molecular weight is 264 g/mol. The molecule has 0 aromatic carbocycles. The van der Waals surface area contributed by atoms with Crippen LogP contribution in [-0.2, 0) is 4.74 Å². The van der Waals surface area contributed by atoms with Crippen molar-refractivity contribution in [1.29, 1.82) is 0 Å². The summed E-state index contributed by atoms with van der Waals surface area (Å²) in [7, 11) is 0. The van der Waals surface area contributed by atoms with Crippen LogP contribution in [-0.4, -0.2) is 45.5 Å². The Bertz CT molecular complexity index is 406. The Kier molecular flexibility index (Phi) is 3.39. The average Bonchev–Trinajstić information content (AvgIpc) is 2.94. The highest BCUT2D eigenvalue weighted by Gasteiger charge is 2.36. The summed E-state index contributed by atoms with van der Waals surface area (Å²) in [4.78, 5) is 16.7. The Balaban J connectivity index is 1.97. The number of likely N-dealkylation sites (tertiary alicyclic amines) is 1. The zero-order valence-electron chi connectivity index (χ0n) is 9.28. The fourth-order valence-corrected chi connectivity index (χ4v) is 1.87. The van der Waals surface area contributed by atoms with Gasteiger partial charge in [-0.25, -0.2) is 9.78 Å². The van der Waals surface area contributed by atoms with Crippen LogP contribution in [0.3, 0.4) is 0 Å². The molecule has 100 valence electrons. The van der Waals surface area contributed by atoms with E-state index in [1.54, 1.807) is 0 Å². The molecule has 0 bridgehead atoms. The van der Waals surface area contributed by atoms with Crippen molar-refractivity contribution in [3.05, 3.63) is 12.2 Å². The first-order chi connectivity index (χ1) is 8.47. The van der Waals surface area contributed by atoms with Gasteiger partial charge in [-0.2, -0.15) is 18.3 Å². The monoisotopic (exact) mass is 264 g/mol. The number of hydrogen-bond donors (Lipinski definition) is 1. The third kappa shape index (κ3) is 2.90. The molecule has 2 heterocycles. The number of carbonyl (C=O) groups is 1. The molecule has 6 nitrogen and oxygen atoms in total. The lowest BCUT2D eigenvalue weighted by atomic mass is 10.2. The van der Waals surface area contributed by atoms with Crippen molar-refractivity contribution in [2.75, 3.05) is 13.2 Å². The number of halogens is 3. The summed E-state index contributed by atoms with van der Waals surface area (Å²) in [5.74, 6) is 0.455. The summed E-state index contributed by atoms with van der Waals surface area (Å²) < 4.78 is 40.1. The number of hydrogen-bond acceptors (Lipinski definition) is 4. The minimum Gasteiger partial charge on any atom is -0.440 e. The van der Waals surface area contributed by atoms with E-state index in [1.807, 2.05) is 0 Å². The molecule has 0 unspecified atom stereocenters. The number of nitrogens with zero attached hydrogens (tertiary/aromatic N) is 3. The van der Waals surface area contributed by atoms with Gasteiger partial charge in [-0.05, 0) is 12.8 Å². The van der Waals surface area contributed by atoms with E-state index in [2.05, 4.69) is 19.9 Å². The first-order valence-electron chi connectivity index (χ1n) is 5.33. The molecule has 9 heteroatoms. The molecule has 2 rings (SSSR count). The Morgan fingerprint density at radius 3 is 3.00 bits per heavy atom. The van der Waals surface area contributed by atoms with Crippen LogP contribution in [0.2, 0.25) is 0 Å². The first kappa shape index (κ1) is 12.7. The highest BCUT2D eigenvalue weighted by molar-refractivity contribution is 5.68. The van der Waals surface area contributed by atoms with Crippen molar-refractivity contribution in [2.24, 2.45) is 0 Å². The molecular formula is C9H11F3N4O2. The molecule has 1 aliphatic rings. The van der Waals surface area contributed by atoms with Gasteiger partial charge in [0.2, 0.25) is 0 Å². The fourth-order valence-electron chi connectivity index (χ4n) is 1.87. The van der Waals surface area contributed by atoms with Gasteiger partial charge in [-0.1, -0.05) is 0 Å². The summed E-state index contributed by atoms with van der Waals surface area (Å²) in [6, 6.07) is -0.395. The maximum atomic E-state index is 11.9. The van der Waals surface area contributed by atoms with E-state index in [1.165, 1.54) is 11.2 Å². The summed E-state index contributed by atoms with van der Waals surface area (Å²) >= 11 is 0. The zero-order chi connectivity index (χ0) is 13.2. The SMILES string of the molecule is O=C(OCC(F)(F)F)N1CCC[C@@H]1c1ncn[nH]1. The Morgan fingerprint density at radius 1 is 1.61 bits per heavy atom. The van der Waals surface area contributed by atoms with Gasteiger partial charge in [0.1, 0.15) is 12.2 Å². The second-order valence-corrected chi connectivity index (χ2v) is 3.89. The van der Waals surface area contributed by atoms with Crippen molar-refractivity contribution in [3.63, 3.8) is 0 Å². The molecule has 1 saturated heterocycles. The molecule has 1 aliphatic heterocycles. The van der Waals surface area contributed by atoms with E-state index in [9.17, 15) is 18.0 Å². The van der Waals surface area contributed by atoms with E-state index >= 15 is 0 Å². The quantitative estimate of drug-likeness (QED) is 0.881. The number of aromatic nitrogens is 3. The van der Waals surface area contributed by atoms with Gasteiger partial charge in [-0.3, -0.25) is 10.00 Å². The van der Waals surface area contributed by atoms with Gasteiger partial charge < -0.3 is 4.74 Å². The van der Waals surface area contributed by atoms with Gasteiger partial charge in [0.05, 0.1) is 6.04 Å². The molecular weight excluding hydrogens is 253 g/mol. The van der Waals surface area contributed by atoms with Crippen molar-refractivity contribution >= 4 is 6.09 Å². The van der Waals surface area contributed by atoms with Gasteiger partial charge >= 0.3 is 12.3 Å². The maximum absolute atomic E-state index is 11.9. The molecule has 0 aliphatic carbocycles. The number of carbonyl (C=O) groups excluding carboxylic acids is 1. The number of ether oxygens (including phenoxy) is 1. The number of nitrogens with one attached hydrogen (secondary N) is 1. The second-order valence-electron chi connectivity index (χ2n) is 3.89. The summed E-state index contributed by atoms with van der Waals surface area (Å²) in [5, 5.41) is 6.25. The number of aromatic amines is 1. The third-order valence-corrected chi connectivity index (χ3v) is 2.60. The standard InChI is InChI=1S/C9H11F3N4O2/c10-9(11,12)4-18-8(17)16-3-1-2-6(16)7-13-5-14-15-7/h5-6H,1-4H2,(H,13,14,15)/t6-/m1/s1. The fraction of sp³-hybridized carbons (Fsp3) is 0.667. The van der Waals surface area contributed by atoms with Crippen LogP contribution in [0.1, 0.15) is 24.7 Å². The van der Waals surface area contributed by atoms with Crippen molar-refractivity contribution in [3.8, 4) is 0 Å². The molecule has 1 aromatic heterocycles. The van der Waals surface area contributed by atoms with Gasteiger partial charge in [0.15, 0.2) is 6.61 Å². The Hall–Kier alpha value is -1.80. The van der Waals surface area contributed by atoms with Crippen LogP contribution in [0.4, 0.5) is 18.0 Å². The molecule has 1 aromatic rings. The first-order valence-corrected chi connectivity index (χ1v) is 5.33. The Morgan fingerprint density at radius 2 is 2.39 bits per heavy atom. The van der Waals surface area contributed by atoms with Crippen LogP contribution in [0.25, 0.3) is 0 Å². The number of alkyl halides is 3. The van der Waals surface area contributed by atoms with Gasteiger partial charge in [-0.15, -0.1) is 0 Å².